The van der Waals surface area contributed by atoms with Gasteiger partial charge < -0.3 is 28.4 Å². The molecule has 1 aromatic heterocycles. The van der Waals surface area contributed by atoms with E-state index in [0.29, 0.717) is 43.4 Å². The number of ether oxygens (including phenoxy) is 6. The van der Waals surface area contributed by atoms with E-state index in [1.165, 1.54) is 0 Å². The zero-order valence-corrected chi connectivity index (χ0v) is 27.5. The van der Waals surface area contributed by atoms with Crippen LogP contribution in [0.1, 0.15) is 51.9 Å². The lowest BCUT2D eigenvalue weighted by Crippen LogP contribution is -2.55. The molecule has 266 valence electrons. The van der Waals surface area contributed by atoms with Gasteiger partial charge in [0, 0.05) is 17.8 Å². The van der Waals surface area contributed by atoms with Gasteiger partial charge in [0.25, 0.3) is 0 Å². The molecule has 0 spiro atoms. The van der Waals surface area contributed by atoms with Crippen molar-refractivity contribution in [1.29, 1.82) is 0 Å². The van der Waals surface area contributed by atoms with Crippen LogP contribution in [0.25, 0.3) is 0 Å². The summed E-state index contributed by atoms with van der Waals surface area (Å²) in [6.07, 6.45) is 6.34. The highest BCUT2D eigenvalue weighted by Gasteiger charge is 2.65. The largest absolute Gasteiger partial charge is 0.464 e. The number of epoxide rings is 1. The summed E-state index contributed by atoms with van der Waals surface area (Å²) in [7, 11) is 0. The molecule has 14 unspecified atom stereocenters. The first-order chi connectivity index (χ1) is 23.7. The second-order valence-corrected chi connectivity index (χ2v) is 15.5. The van der Waals surface area contributed by atoms with Crippen LogP contribution in [-0.2, 0) is 62.4 Å². The summed E-state index contributed by atoms with van der Waals surface area (Å²) >= 11 is 0. The molecule has 5 heterocycles. The zero-order valence-electron chi connectivity index (χ0n) is 27.5. The quantitative estimate of drug-likeness (QED) is 0.162. The minimum absolute atomic E-state index is 0.0338. The number of fused-ring (bicyclic) bond motifs is 7. The van der Waals surface area contributed by atoms with Crippen LogP contribution < -0.4 is 17.1 Å². The summed E-state index contributed by atoms with van der Waals surface area (Å²) in [6, 6.07) is 0. The molecule has 9 aliphatic rings. The molecule has 1 aromatic rings. The first kappa shape index (κ1) is 31.7. The molecule has 0 N–H and O–H groups in total. The van der Waals surface area contributed by atoms with Gasteiger partial charge in [-0.1, -0.05) is 0 Å². The highest BCUT2D eigenvalue weighted by Crippen LogP contribution is 2.59. The SMILES string of the molecule is CC1OC2CC(C(=O)OCCn3c(=O)n(CCOC(=O)C4CC5CC6OC5C6C4)c(=O)n(CCOC(=O)C4CC5CC4C4OC54)c3=O)C1C2. The van der Waals surface area contributed by atoms with Gasteiger partial charge >= 0.3 is 35.0 Å². The van der Waals surface area contributed by atoms with Crippen molar-refractivity contribution in [3.63, 3.8) is 0 Å². The Balaban J connectivity index is 0.869. The highest BCUT2D eigenvalue weighted by molar-refractivity contribution is 5.74. The number of nitrogens with zero attached hydrogens (tertiary/aromatic N) is 3. The van der Waals surface area contributed by atoms with Crippen LogP contribution in [0.5, 0.6) is 0 Å². The molecule has 14 atom stereocenters. The van der Waals surface area contributed by atoms with Gasteiger partial charge in [-0.2, -0.15) is 0 Å². The smallest absolute Gasteiger partial charge is 0.336 e. The maximum Gasteiger partial charge on any atom is 0.336 e. The minimum atomic E-state index is -0.898. The summed E-state index contributed by atoms with van der Waals surface area (Å²) in [5.74, 6) is -0.584. The van der Waals surface area contributed by atoms with Crippen LogP contribution in [0.3, 0.4) is 0 Å². The average molecular weight is 686 g/mol. The van der Waals surface area contributed by atoms with E-state index < -0.39 is 23.0 Å². The van der Waals surface area contributed by atoms with Gasteiger partial charge in [0.05, 0.1) is 74.0 Å². The van der Waals surface area contributed by atoms with Crippen molar-refractivity contribution in [3.8, 4) is 0 Å². The lowest BCUT2D eigenvalue weighted by molar-refractivity contribution is -0.174. The van der Waals surface area contributed by atoms with Crippen molar-refractivity contribution in [2.75, 3.05) is 19.8 Å². The molecular weight excluding hydrogens is 642 g/mol. The molecule has 49 heavy (non-hydrogen) atoms. The lowest BCUT2D eigenvalue weighted by atomic mass is 9.76. The van der Waals surface area contributed by atoms with Gasteiger partial charge in [-0.15, -0.1) is 0 Å². The normalized spacial score (nSPS) is 41.3. The van der Waals surface area contributed by atoms with Crippen molar-refractivity contribution in [1.82, 2.24) is 13.7 Å². The van der Waals surface area contributed by atoms with Gasteiger partial charge in [-0.05, 0) is 63.7 Å². The summed E-state index contributed by atoms with van der Waals surface area (Å²) in [4.78, 5) is 79.3. The standard InChI is InChI=1S/C34H43N3O12/c1-15-20-13-19(47-15)14-23(20)31(40)46-7-4-37-33(42)35(2-5-44-29(38)18-8-16-12-25-24(11-18)26(16)48-25)32(41)36(34(37)43)3-6-45-30(39)22-10-17-9-21(22)28-27(17)49-28/h15-28H,2-14H2,1H3. The van der Waals surface area contributed by atoms with Crippen molar-refractivity contribution >= 4 is 17.9 Å². The number of esters is 3. The molecule has 4 saturated heterocycles. The fourth-order valence-electron chi connectivity index (χ4n) is 10.6. The van der Waals surface area contributed by atoms with E-state index in [2.05, 4.69) is 0 Å². The fourth-order valence-corrected chi connectivity index (χ4v) is 10.6. The average Bonchev–Trinajstić information content (AvgIpc) is 3.60. The van der Waals surface area contributed by atoms with Gasteiger partial charge in [0.15, 0.2) is 0 Å². The van der Waals surface area contributed by atoms with E-state index in [4.69, 9.17) is 28.4 Å². The predicted octanol–water partition coefficient (Wildman–Crippen LogP) is -0.148. The molecule has 5 aliphatic carbocycles. The Bertz CT molecular complexity index is 1660. The molecule has 0 aromatic carbocycles. The van der Waals surface area contributed by atoms with Crippen LogP contribution in [0.4, 0.5) is 0 Å². The maximum absolute atomic E-state index is 13.5. The van der Waals surface area contributed by atoms with Crippen molar-refractivity contribution in [2.45, 2.75) is 108 Å². The van der Waals surface area contributed by atoms with Gasteiger partial charge in [0.2, 0.25) is 0 Å². The summed E-state index contributed by atoms with van der Waals surface area (Å²) in [6.45, 7) is 0.402. The molecule has 4 aliphatic heterocycles. The Hall–Kier alpha value is -3.30. The Labute approximate surface area is 281 Å². The Morgan fingerprint density at radius 2 is 1.18 bits per heavy atom. The third-order valence-electron chi connectivity index (χ3n) is 13.1. The first-order valence-corrected chi connectivity index (χ1v) is 18.1. The number of carbonyl (C=O) groups excluding carboxylic acids is 3. The maximum atomic E-state index is 13.5. The molecule has 10 rings (SSSR count). The number of hydrogen-bond acceptors (Lipinski definition) is 12. The number of hydrogen-bond donors (Lipinski definition) is 0. The molecule has 0 amide bonds. The van der Waals surface area contributed by atoms with E-state index in [-0.39, 0.29) is 118 Å². The Kier molecular flexibility index (Phi) is 7.69. The zero-order chi connectivity index (χ0) is 33.7. The molecule has 9 fully saturated rings. The molecule has 5 saturated carbocycles. The van der Waals surface area contributed by atoms with E-state index >= 15 is 0 Å². The minimum Gasteiger partial charge on any atom is -0.464 e. The molecule has 0 radical (unpaired) electrons. The van der Waals surface area contributed by atoms with Crippen molar-refractivity contribution in [3.05, 3.63) is 31.5 Å². The lowest BCUT2D eigenvalue weighted by Gasteiger charge is -2.42. The van der Waals surface area contributed by atoms with E-state index in [1.54, 1.807) is 0 Å². The van der Waals surface area contributed by atoms with Gasteiger partial charge in [0.1, 0.15) is 19.8 Å². The van der Waals surface area contributed by atoms with Gasteiger partial charge in [-0.3, -0.25) is 14.4 Å². The molecule has 15 nitrogen and oxygen atoms in total. The number of rotatable bonds is 12. The van der Waals surface area contributed by atoms with Crippen LogP contribution >= 0.6 is 0 Å². The van der Waals surface area contributed by atoms with E-state index in [1.807, 2.05) is 6.92 Å². The second kappa shape index (κ2) is 11.9. The van der Waals surface area contributed by atoms with Crippen molar-refractivity contribution in [2.24, 2.45) is 47.3 Å². The van der Waals surface area contributed by atoms with Crippen LogP contribution in [0.15, 0.2) is 14.4 Å². The van der Waals surface area contributed by atoms with Crippen molar-refractivity contribution < 1.29 is 42.8 Å². The van der Waals surface area contributed by atoms with E-state index in [9.17, 15) is 28.8 Å². The highest BCUT2D eigenvalue weighted by atomic mass is 16.6. The second-order valence-electron chi connectivity index (χ2n) is 15.5. The topological polar surface area (TPSA) is 176 Å². The predicted molar refractivity (Wildman–Crippen MR) is 164 cm³/mol. The molecule has 15 heteroatoms. The van der Waals surface area contributed by atoms with E-state index in [0.717, 1.165) is 33.0 Å². The fraction of sp³-hybridized carbons (Fsp3) is 0.824. The Morgan fingerprint density at radius 3 is 1.73 bits per heavy atom. The first-order valence-electron chi connectivity index (χ1n) is 18.1. The Morgan fingerprint density at radius 1 is 0.592 bits per heavy atom. The van der Waals surface area contributed by atoms with Gasteiger partial charge in [-0.25, -0.2) is 28.1 Å². The summed E-state index contributed by atoms with van der Waals surface area (Å²) in [5, 5.41) is 0. The summed E-state index contributed by atoms with van der Waals surface area (Å²) < 4.78 is 36.4. The van der Waals surface area contributed by atoms with Crippen LogP contribution in [-0.4, -0.2) is 88.1 Å². The monoisotopic (exact) mass is 685 g/mol. The van der Waals surface area contributed by atoms with Crippen LogP contribution in [0, 0.1) is 47.3 Å². The third-order valence-corrected chi connectivity index (χ3v) is 13.1. The number of carbonyl (C=O) groups is 3. The number of aromatic nitrogens is 3. The molecule has 8 bridgehead atoms. The third kappa shape index (κ3) is 5.24. The van der Waals surface area contributed by atoms with Crippen LogP contribution in [0.2, 0.25) is 0 Å². The summed E-state index contributed by atoms with van der Waals surface area (Å²) in [5.41, 5.74) is -2.69. The molecular formula is C34H43N3O12.